The number of carbonyl (C=O) groups is 1. The normalized spacial score (nSPS) is 11.8. The molecular formula is C18H18ClN5O6S. The molecule has 0 saturated carbocycles. The summed E-state index contributed by atoms with van der Waals surface area (Å²) >= 11 is 6.00. The number of hydrogen-bond acceptors (Lipinski definition) is 7. The zero-order valence-electron chi connectivity index (χ0n) is 16.9. The molecular weight excluding hydrogens is 450 g/mol. The number of hydroxylamine groups is 1. The number of halogens is 1. The highest BCUT2D eigenvalue weighted by molar-refractivity contribution is 7.89. The van der Waals surface area contributed by atoms with Gasteiger partial charge in [0.2, 0.25) is 0 Å². The summed E-state index contributed by atoms with van der Waals surface area (Å²) in [6, 6.07) is 5.12. The van der Waals surface area contributed by atoms with Gasteiger partial charge in [0, 0.05) is 26.7 Å². The average molecular weight is 468 g/mol. The number of carbonyl (C=O) groups excluding carboxylic acids is 1. The highest BCUT2D eigenvalue weighted by Gasteiger charge is 2.25. The van der Waals surface area contributed by atoms with Gasteiger partial charge in [-0.15, -0.1) is 0 Å². The number of nitrogens with one attached hydrogen (secondary N) is 1. The van der Waals surface area contributed by atoms with E-state index in [0.717, 1.165) is 10.6 Å². The molecule has 0 aliphatic rings. The second-order valence-electron chi connectivity index (χ2n) is 6.50. The van der Waals surface area contributed by atoms with E-state index < -0.39 is 27.2 Å². The number of sulfonamides is 1. The first-order valence-corrected chi connectivity index (χ1v) is 10.5. The summed E-state index contributed by atoms with van der Waals surface area (Å²) in [5.41, 5.74) is -0.752. The Labute approximate surface area is 181 Å². The lowest BCUT2D eigenvalue weighted by Crippen LogP contribution is -2.37. The molecule has 11 nitrogen and oxygen atoms in total. The van der Waals surface area contributed by atoms with Gasteiger partial charge in [0.25, 0.3) is 21.5 Å². The predicted octanol–water partition coefficient (Wildman–Crippen LogP) is 0.720. The molecule has 3 rings (SSSR count). The molecule has 13 heteroatoms. The third-order valence-corrected chi connectivity index (χ3v) is 6.78. The van der Waals surface area contributed by atoms with Crippen LogP contribution in [-0.2, 0) is 29.0 Å². The van der Waals surface area contributed by atoms with E-state index in [1.54, 1.807) is 0 Å². The molecule has 1 aromatic carbocycles. The number of amides is 1. The van der Waals surface area contributed by atoms with Crippen LogP contribution in [0, 0.1) is 0 Å². The number of aryl methyl sites for hydroxylation is 1. The maximum Gasteiger partial charge on any atom is 0.332 e. The Balaban J connectivity index is 2.01. The molecule has 0 aliphatic heterocycles. The Kier molecular flexibility index (Phi) is 6.00. The van der Waals surface area contributed by atoms with Crippen LogP contribution in [0.25, 0.3) is 11.0 Å². The Hall–Kier alpha value is -3.06. The van der Waals surface area contributed by atoms with Crippen molar-refractivity contribution in [3.05, 3.63) is 61.9 Å². The summed E-state index contributed by atoms with van der Waals surface area (Å²) in [5.74, 6) is -0.656. The molecule has 2 aromatic heterocycles. The fourth-order valence-electron chi connectivity index (χ4n) is 2.82. The van der Waals surface area contributed by atoms with Crippen LogP contribution in [0.3, 0.4) is 0 Å². The molecule has 0 unspecified atom stereocenters. The van der Waals surface area contributed by atoms with Crippen LogP contribution in [0.2, 0.25) is 5.02 Å². The summed E-state index contributed by atoms with van der Waals surface area (Å²) in [6.07, 6.45) is 1.28. The maximum absolute atomic E-state index is 12.7. The van der Waals surface area contributed by atoms with Crippen LogP contribution in [0.15, 0.2) is 44.9 Å². The molecule has 3 aromatic rings. The smallest absolute Gasteiger partial charge is 0.321 e. The molecule has 31 heavy (non-hydrogen) atoms. The molecule has 164 valence electrons. The lowest BCUT2D eigenvalue weighted by Gasteiger charge is -2.16. The number of nitrogens with zero attached hydrogens (tertiary/aromatic N) is 4. The van der Waals surface area contributed by atoms with E-state index in [0.29, 0.717) is 4.47 Å². The molecule has 0 saturated heterocycles. The lowest BCUT2D eigenvalue weighted by molar-refractivity contribution is -0.0258. The summed E-state index contributed by atoms with van der Waals surface area (Å²) in [6.45, 7) is 0. The maximum atomic E-state index is 12.7. The third-order valence-electron chi connectivity index (χ3n) is 4.62. The highest BCUT2D eigenvalue weighted by atomic mass is 35.5. The summed E-state index contributed by atoms with van der Waals surface area (Å²) < 4.78 is 27.8. The zero-order chi connectivity index (χ0) is 23.1. The topological polar surface area (TPSA) is 133 Å². The fraction of sp³-hybridized carbons (Fsp3) is 0.222. The van der Waals surface area contributed by atoms with E-state index in [1.807, 2.05) is 0 Å². The standard InChI is InChI=1S/C18H18ClN5O6S/c1-22-15-12(17(26)23(2)18(22)27)8-11(9-20-15)21-16(25)10-5-6-13(19)14(7-10)31(28,29)24(3)30-4/h5-9H,1-4H3,(H,21,25). The van der Waals surface area contributed by atoms with Crippen molar-refractivity contribution in [2.24, 2.45) is 14.1 Å². The van der Waals surface area contributed by atoms with Crippen LogP contribution in [-0.4, -0.2) is 47.1 Å². The first-order chi connectivity index (χ1) is 14.5. The number of aromatic nitrogens is 3. The van der Waals surface area contributed by atoms with E-state index in [2.05, 4.69) is 10.3 Å². The first-order valence-electron chi connectivity index (χ1n) is 8.68. The van der Waals surface area contributed by atoms with Crippen molar-refractivity contribution in [3.63, 3.8) is 0 Å². The SMILES string of the molecule is CON(C)S(=O)(=O)c1cc(C(=O)Nc2cnc3c(c2)c(=O)n(C)c(=O)n3C)ccc1Cl. The number of anilines is 1. The van der Waals surface area contributed by atoms with Gasteiger partial charge in [-0.2, -0.15) is 0 Å². The number of pyridine rings is 1. The van der Waals surface area contributed by atoms with Crippen molar-refractivity contribution in [2.75, 3.05) is 19.5 Å². The van der Waals surface area contributed by atoms with Gasteiger partial charge in [-0.3, -0.25) is 23.6 Å². The first kappa shape index (κ1) is 22.6. The van der Waals surface area contributed by atoms with E-state index in [4.69, 9.17) is 16.4 Å². The minimum absolute atomic E-state index is 0.000870. The molecule has 1 amide bonds. The van der Waals surface area contributed by atoms with Crippen molar-refractivity contribution in [1.82, 2.24) is 18.6 Å². The second kappa shape index (κ2) is 8.23. The predicted molar refractivity (Wildman–Crippen MR) is 114 cm³/mol. The van der Waals surface area contributed by atoms with Crippen molar-refractivity contribution in [3.8, 4) is 0 Å². The van der Waals surface area contributed by atoms with Gasteiger partial charge in [-0.1, -0.05) is 16.1 Å². The Morgan fingerprint density at radius 3 is 2.52 bits per heavy atom. The number of fused-ring (bicyclic) bond motifs is 1. The van der Waals surface area contributed by atoms with Crippen molar-refractivity contribution >= 4 is 44.3 Å². The molecule has 0 atom stereocenters. The second-order valence-corrected chi connectivity index (χ2v) is 8.81. The van der Waals surface area contributed by atoms with Crippen LogP contribution in [0.4, 0.5) is 5.69 Å². The van der Waals surface area contributed by atoms with Gasteiger partial charge in [-0.25, -0.2) is 18.2 Å². The van der Waals surface area contributed by atoms with Gasteiger partial charge in [-0.05, 0) is 24.3 Å². The van der Waals surface area contributed by atoms with Crippen molar-refractivity contribution in [1.29, 1.82) is 0 Å². The van der Waals surface area contributed by atoms with Gasteiger partial charge in [0.05, 0.1) is 29.4 Å². The lowest BCUT2D eigenvalue weighted by atomic mass is 10.2. The minimum Gasteiger partial charge on any atom is -0.321 e. The molecule has 0 spiro atoms. The molecule has 1 N–H and O–H groups in total. The van der Waals surface area contributed by atoms with Gasteiger partial charge >= 0.3 is 5.69 Å². The summed E-state index contributed by atoms with van der Waals surface area (Å²) in [7, 11) is 1.09. The average Bonchev–Trinajstić information content (AvgIpc) is 2.75. The van der Waals surface area contributed by atoms with E-state index in [9.17, 15) is 22.8 Å². The highest BCUT2D eigenvalue weighted by Crippen LogP contribution is 2.26. The number of rotatable bonds is 5. The minimum atomic E-state index is -4.09. The summed E-state index contributed by atoms with van der Waals surface area (Å²) in [5, 5.41) is 2.60. The van der Waals surface area contributed by atoms with E-state index in [-0.39, 0.29) is 32.2 Å². The number of benzene rings is 1. The fourth-order valence-corrected chi connectivity index (χ4v) is 4.29. The van der Waals surface area contributed by atoms with Gasteiger partial charge in [0.15, 0.2) is 0 Å². The Morgan fingerprint density at radius 2 is 1.87 bits per heavy atom. The van der Waals surface area contributed by atoms with Crippen molar-refractivity contribution in [2.45, 2.75) is 4.90 Å². The largest absolute Gasteiger partial charge is 0.332 e. The van der Waals surface area contributed by atoms with E-state index >= 15 is 0 Å². The molecule has 0 aliphatic carbocycles. The van der Waals surface area contributed by atoms with Crippen LogP contribution in [0.1, 0.15) is 10.4 Å². The van der Waals surface area contributed by atoms with Crippen molar-refractivity contribution < 1.29 is 18.0 Å². The number of hydrogen-bond donors (Lipinski definition) is 1. The quantitative estimate of drug-likeness (QED) is 0.546. The summed E-state index contributed by atoms with van der Waals surface area (Å²) in [4.78, 5) is 45.6. The van der Waals surface area contributed by atoms with Gasteiger partial charge < -0.3 is 5.32 Å². The zero-order valence-corrected chi connectivity index (χ0v) is 18.5. The molecule has 0 radical (unpaired) electrons. The monoisotopic (exact) mass is 467 g/mol. The van der Waals surface area contributed by atoms with Crippen LogP contribution >= 0.6 is 11.6 Å². The van der Waals surface area contributed by atoms with Gasteiger partial charge in [0.1, 0.15) is 10.5 Å². The van der Waals surface area contributed by atoms with E-state index in [1.165, 1.54) is 57.2 Å². The molecule has 2 heterocycles. The molecule has 0 fully saturated rings. The third kappa shape index (κ3) is 3.97. The van der Waals surface area contributed by atoms with Crippen LogP contribution < -0.4 is 16.6 Å². The Bertz CT molecular complexity index is 1430. The van der Waals surface area contributed by atoms with Crippen LogP contribution in [0.5, 0.6) is 0 Å². The Morgan fingerprint density at radius 1 is 1.19 bits per heavy atom. The molecule has 0 bridgehead atoms.